The molecule has 2 N–H and O–H groups in total. The van der Waals surface area contributed by atoms with Crippen molar-refractivity contribution in [2.24, 2.45) is 0 Å². The first-order chi connectivity index (χ1) is 9.79. The molecule has 2 aromatic heterocycles. The van der Waals surface area contributed by atoms with Gasteiger partial charge in [0, 0.05) is 23.4 Å². The number of aromatic nitrogens is 2. The number of amides is 1. The Morgan fingerprint density at radius 1 is 1.24 bits per heavy atom. The summed E-state index contributed by atoms with van der Waals surface area (Å²) < 4.78 is 0. The van der Waals surface area contributed by atoms with E-state index in [1.165, 1.54) is 12.4 Å². The van der Waals surface area contributed by atoms with Crippen LogP contribution in [0.2, 0.25) is 0 Å². The Balaban J connectivity index is 2.30. The summed E-state index contributed by atoms with van der Waals surface area (Å²) in [6.07, 6.45) is 3.03. The van der Waals surface area contributed by atoms with Crippen LogP contribution in [0.1, 0.15) is 46.5 Å². The molecule has 1 amide bonds. The second-order valence-corrected chi connectivity index (χ2v) is 6.44. The topological polar surface area (TPSA) is 92.2 Å². The molecule has 0 saturated carbocycles. The third-order valence-electron chi connectivity index (χ3n) is 2.69. The number of carboxylic acid groups (broad SMARTS) is 1. The minimum Gasteiger partial charge on any atom is -0.477 e. The molecule has 0 aliphatic rings. The first-order valence-corrected chi connectivity index (χ1v) is 7.06. The molecule has 6 nitrogen and oxygen atoms in total. The fourth-order valence-corrected chi connectivity index (χ4v) is 2.71. The van der Waals surface area contributed by atoms with Crippen molar-refractivity contribution in [1.82, 2.24) is 9.97 Å². The Bertz CT molecular complexity index is 675. The van der Waals surface area contributed by atoms with Gasteiger partial charge in [0.15, 0.2) is 5.13 Å². The van der Waals surface area contributed by atoms with Crippen molar-refractivity contribution >= 4 is 28.3 Å². The highest BCUT2D eigenvalue weighted by Gasteiger charge is 2.27. The molecule has 0 atom stereocenters. The second-order valence-electron chi connectivity index (χ2n) is 5.44. The van der Waals surface area contributed by atoms with Gasteiger partial charge in [0.2, 0.25) is 0 Å². The van der Waals surface area contributed by atoms with E-state index in [0.717, 1.165) is 11.3 Å². The first-order valence-electron chi connectivity index (χ1n) is 6.25. The molecule has 110 valence electrons. The Morgan fingerprint density at radius 2 is 1.86 bits per heavy atom. The van der Waals surface area contributed by atoms with Gasteiger partial charge in [0.05, 0.1) is 5.69 Å². The molecule has 2 aromatic rings. The van der Waals surface area contributed by atoms with Gasteiger partial charge in [-0.05, 0) is 12.1 Å². The van der Waals surface area contributed by atoms with E-state index in [2.05, 4.69) is 15.3 Å². The number of aromatic carboxylic acids is 1. The van der Waals surface area contributed by atoms with Crippen molar-refractivity contribution in [2.45, 2.75) is 26.2 Å². The van der Waals surface area contributed by atoms with E-state index in [0.29, 0.717) is 11.3 Å². The molecule has 7 heteroatoms. The summed E-state index contributed by atoms with van der Waals surface area (Å²) in [7, 11) is 0. The summed E-state index contributed by atoms with van der Waals surface area (Å²) in [6.45, 7) is 5.63. The predicted octanol–water partition coefficient (Wildman–Crippen LogP) is 2.79. The molecule has 0 bridgehead atoms. The standard InChI is InChI=1S/C14H15N3O3S/c1-14(2,3)10-9(12(19)20)21-13(16-10)17-11(18)8-4-6-15-7-5-8/h4-7H,1-3H3,(H,19,20)(H,16,17,18). The molecule has 0 unspecified atom stereocenters. The van der Waals surface area contributed by atoms with E-state index in [1.54, 1.807) is 12.1 Å². The Morgan fingerprint density at radius 3 is 2.33 bits per heavy atom. The zero-order valence-corrected chi connectivity index (χ0v) is 12.7. The van der Waals surface area contributed by atoms with Crippen LogP contribution in [-0.4, -0.2) is 27.0 Å². The van der Waals surface area contributed by atoms with E-state index >= 15 is 0 Å². The van der Waals surface area contributed by atoms with Gasteiger partial charge >= 0.3 is 5.97 Å². The molecule has 2 rings (SSSR count). The van der Waals surface area contributed by atoms with Crippen LogP contribution in [0.3, 0.4) is 0 Å². The molecule has 0 saturated heterocycles. The van der Waals surface area contributed by atoms with Crippen LogP contribution in [0.5, 0.6) is 0 Å². The lowest BCUT2D eigenvalue weighted by atomic mass is 9.91. The van der Waals surface area contributed by atoms with Gasteiger partial charge in [-0.2, -0.15) is 0 Å². The number of anilines is 1. The van der Waals surface area contributed by atoms with E-state index in [-0.39, 0.29) is 15.9 Å². The maximum Gasteiger partial charge on any atom is 0.347 e. The molecule has 2 heterocycles. The molecule has 0 radical (unpaired) electrons. The van der Waals surface area contributed by atoms with Crippen LogP contribution < -0.4 is 5.32 Å². The third-order valence-corrected chi connectivity index (χ3v) is 3.65. The second kappa shape index (κ2) is 5.61. The number of carbonyl (C=O) groups excluding carboxylic acids is 1. The van der Waals surface area contributed by atoms with Crippen molar-refractivity contribution in [3.63, 3.8) is 0 Å². The van der Waals surface area contributed by atoms with Crippen LogP contribution in [-0.2, 0) is 5.41 Å². The van der Waals surface area contributed by atoms with Crippen LogP contribution in [0, 0.1) is 0 Å². The van der Waals surface area contributed by atoms with Gasteiger partial charge in [-0.15, -0.1) is 0 Å². The lowest BCUT2D eigenvalue weighted by molar-refractivity contribution is 0.0699. The van der Waals surface area contributed by atoms with Gasteiger partial charge in [-0.25, -0.2) is 9.78 Å². The summed E-state index contributed by atoms with van der Waals surface area (Å²) in [5, 5.41) is 12.1. The predicted molar refractivity (Wildman–Crippen MR) is 80.0 cm³/mol. The molecule has 21 heavy (non-hydrogen) atoms. The number of carboxylic acids is 1. The number of hydrogen-bond acceptors (Lipinski definition) is 5. The number of thiazole rings is 1. The van der Waals surface area contributed by atoms with Crippen molar-refractivity contribution in [3.05, 3.63) is 40.7 Å². The van der Waals surface area contributed by atoms with Crippen LogP contribution in [0.25, 0.3) is 0 Å². The average Bonchev–Trinajstić information content (AvgIpc) is 2.84. The van der Waals surface area contributed by atoms with Gasteiger partial charge in [0.25, 0.3) is 5.91 Å². The maximum atomic E-state index is 12.0. The lowest BCUT2D eigenvalue weighted by Crippen LogP contribution is -2.16. The zero-order chi connectivity index (χ0) is 15.6. The molecule has 0 fully saturated rings. The number of nitrogens with zero attached hydrogens (tertiary/aromatic N) is 2. The van der Waals surface area contributed by atoms with Gasteiger partial charge in [0.1, 0.15) is 4.88 Å². The summed E-state index contributed by atoms with van der Waals surface area (Å²) in [5.41, 5.74) is 0.489. The van der Waals surface area contributed by atoms with E-state index < -0.39 is 11.4 Å². The van der Waals surface area contributed by atoms with Crippen LogP contribution in [0.15, 0.2) is 24.5 Å². The van der Waals surface area contributed by atoms with E-state index in [4.69, 9.17) is 0 Å². The zero-order valence-electron chi connectivity index (χ0n) is 11.9. The molecule has 0 spiro atoms. The summed E-state index contributed by atoms with van der Waals surface area (Å²) in [5.74, 6) is -1.38. The van der Waals surface area contributed by atoms with Crippen molar-refractivity contribution < 1.29 is 14.7 Å². The molecule has 0 aliphatic carbocycles. The molecule has 0 aliphatic heterocycles. The number of nitrogens with one attached hydrogen (secondary N) is 1. The van der Waals surface area contributed by atoms with Crippen molar-refractivity contribution in [3.8, 4) is 0 Å². The molecular weight excluding hydrogens is 290 g/mol. The summed E-state index contributed by atoms with van der Waals surface area (Å²) in [6, 6.07) is 3.15. The number of rotatable bonds is 3. The number of carbonyl (C=O) groups is 2. The largest absolute Gasteiger partial charge is 0.477 e. The third kappa shape index (κ3) is 3.43. The minimum atomic E-state index is -1.04. The van der Waals surface area contributed by atoms with Gasteiger partial charge in [-0.1, -0.05) is 32.1 Å². The van der Waals surface area contributed by atoms with Crippen molar-refractivity contribution in [2.75, 3.05) is 5.32 Å². The Hall–Kier alpha value is -2.28. The Kier molecular flexibility index (Phi) is 4.04. The molecular formula is C14H15N3O3S. The van der Waals surface area contributed by atoms with Crippen molar-refractivity contribution in [1.29, 1.82) is 0 Å². The van der Waals surface area contributed by atoms with E-state index in [9.17, 15) is 14.7 Å². The monoisotopic (exact) mass is 305 g/mol. The maximum absolute atomic E-state index is 12.0. The van der Waals surface area contributed by atoms with Crippen LogP contribution in [0.4, 0.5) is 5.13 Å². The smallest absolute Gasteiger partial charge is 0.347 e. The average molecular weight is 305 g/mol. The number of pyridine rings is 1. The van der Waals surface area contributed by atoms with Gasteiger partial charge in [-0.3, -0.25) is 15.1 Å². The quantitative estimate of drug-likeness (QED) is 0.909. The minimum absolute atomic E-state index is 0.146. The van der Waals surface area contributed by atoms with Crippen LogP contribution >= 0.6 is 11.3 Å². The summed E-state index contributed by atoms with van der Waals surface area (Å²) in [4.78, 5) is 31.6. The fourth-order valence-electron chi connectivity index (χ4n) is 1.70. The highest BCUT2D eigenvalue weighted by atomic mass is 32.1. The highest BCUT2D eigenvalue weighted by molar-refractivity contribution is 7.17. The molecule has 0 aromatic carbocycles. The number of hydrogen-bond donors (Lipinski definition) is 2. The fraction of sp³-hybridized carbons (Fsp3) is 0.286. The summed E-state index contributed by atoms with van der Waals surface area (Å²) >= 11 is 0.959. The lowest BCUT2D eigenvalue weighted by Gasteiger charge is -2.15. The SMILES string of the molecule is CC(C)(C)c1nc(NC(=O)c2ccncc2)sc1C(=O)O. The Labute approximate surface area is 125 Å². The normalized spacial score (nSPS) is 11.2. The van der Waals surface area contributed by atoms with E-state index in [1.807, 2.05) is 20.8 Å². The van der Waals surface area contributed by atoms with Gasteiger partial charge < -0.3 is 5.11 Å². The highest BCUT2D eigenvalue weighted by Crippen LogP contribution is 2.32. The first kappa shape index (κ1) is 15.1.